The summed E-state index contributed by atoms with van der Waals surface area (Å²) >= 11 is 5.75. The molecular formula is C9H14ClN3. The van der Waals surface area contributed by atoms with Crippen LogP contribution in [-0.2, 0) is 0 Å². The highest BCUT2D eigenvalue weighted by Crippen LogP contribution is 2.12. The molecule has 0 saturated carbocycles. The minimum Gasteiger partial charge on any atom is -0.356 e. The Hall–Kier alpha value is -0.830. The number of anilines is 1. The van der Waals surface area contributed by atoms with Crippen molar-refractivity contribution in [1.29, 1.82) is 0 Å². The largest absolute Gasteiger partial charge is 0.356 e. The van der Waals surface area contributed by atoms with Gasteiger partial charge in [-0.3, -0.25) is 4.98 Å². The zero-order valence-corrected chi connectivity index (χ0v) is 8.75. The molecule has 72 valence electrons. The fourth-order valence-corrected chi connectivity index (χ4v) is 1.33. The van der Waals surface area contributed by atoms with Crippen LogP contribution in [0.5, 0.6) is 0 Å². The maximum atomic E-state index is 5.75. The van der Waals surface area contributed by atoms with Crippen molar-refractivity contribution < 1.29 is 0 Å². The van der Waals surface area contributed by atoms with E-state index in [-0.39, 0.29) is 0 Å². The van der Waals surface area contributed by atoms with Gasteiger partial charge in [-0.25, -0.2) is 4.98 Å². The summed E-state index contributed by atoms with van der Waals surface area (Å²) < 4.78 is 0. The molecule has 0 aliphatic rings. The maximum absolute atomic E-state index is 5.75. The van der Waals surface area contributed by atoms with Gasteiger partial charge < -0.3 is 4.90 Å². The topological polar surface area (TPSA) is 29.0 Å². The first-order chi connectivity index (χ1) is 6.27. The van der Waals surface area contributed by atoms with Crippen LogP contribution < -0.4 is 4.90 Å². The number of rotatable bonds is 4. The van der Waals surface area contributed by atoms with E-state index in [9.17, 15) is 0 Å². The van der Waals surface area contributed by atoms with Crippen LogP contribution in [0.1, 0.15) is 20.3 Å². The molecule has 0 saturated heterocycles. The Labute approximate surface area is 83.8 Å². The minimum absolute atomic E-state index is 0.451. The third-order valence-corrected chi connectivity index (χ3v) is 1.97. The van der Waals surface area contributed by atoms with Crippen molar-refractivity contribution in [1.82, 2.24) is 9.97 Å². The van der Waals surface area contributed by atoms with Gasteiger partial charge >= 0.3 is 0 Å². The van der Waals surface area contributed by atoms with Gasteiger partial charge in [-0.05, 0) is 13.3 Å². The van der Waals surface area contributed by atoms with E-state index in [0.29, 0.717) is 5.15 Å². The fraction of sp³-hybridized carbons (Fsp3) is 0.556. The first kappa shape index (κ1) is 10.3. The van der Waals surface area contributed by atoms with Gasteiger partial charge in [0, 0.05) is 13.1 Å². The highest BCUT2D eigenvalue weighted by molar-refractivity contribution is 6.29. The van der Waals surface area contributed by atoms with Crippen molar-refractivity contribution >= 4 is 17.4 Å². The van der Waals surface area contributed by atoms with Crippen molar-refractivity contribution in [2.24, 2.45) is 0 Å². The van der Waals surface area contributed by atoms with Crippen LogP contribution in [-0.4, -0.2) is 23.1 Å². The van der Waals surface area contributed by atoms with E-state index in [4.69, 9.17) is 11.6 Å². The molecule has 0 bridgehead atoms. The normalized spacial score (nSPS) is 10.1. The lowest BCUT2D eigenvalue weighted by Gasteiger charge is -2.20. The van der Waals surface area contributed by atoms with Crippen LogP contribution in [0.2, 0.25) is 5.15 Å². The molecule has 1 heterocycles. The van der Waals surface area contributed by atoms with Gasteiger partial charge in [-0.1, -0.05) is 18.5 Å². The molecule has 4 heteroatoms. The van der Waals surface area contributed by atoms with Crippen LogP contribution in [0, 0.1) is 0 Å². The number of aromatic nitrogens is 2. The molecule has 1 aromatic rings. The van der Waals surface area contributed by atoms with E-state index in [2.05, 4.69) is 28.7 Å². The summed E-state index contributed by atoms with van der Waals surface area (Å²) in [6.07, 6.45) is 4.39. The molecule has 0 spiro atoms. The average Bonchev–Trinajstić information content (AvgIpc) is 2.14. The molecule has 0 aliphatic heterocycles. The molecule has 0 N–H and O–H groups in total. The van der Waals surface area contributed by atoms with Crippen molar-refractivity contribution in [2.75, 3.05) is 18.0 Å². The molecule has 0 aliphatic carbocycles. The molecule has 0 fully saturated rings. The van der Waals surface area contributed by atoms with Crippen molar-refractivity contribution in [3.63, 3.8) is 0 Å². The van der Waals surface area contributed by atoms with Crippen LogP contribution in [0.4, 0.5) is 5.82 Å². The van der Waals surface area contributed by atoms with Crippen molar-refractivity contribution in [2.45, 2.75) is 20.3 Å². The first-order valence-electron chi connectivity index (χ1n) is 4.50. The van der Waals surface area contributed by atoms with Gasteiger partial charge in [0.1, 0.15) is 11.0 Å². The van der Waals surface area contributed by atoms with E-state index >= 15 is 0 Å². The molecule has 0 radical (unpaired) electrons. The van der Waals surface area contributed by atoms with Gasteiger partial charge in [-0.2, -0.15) is 0 Å². The summed E-state index contributed by atoms with van der Waals surface area (Å²) in [5.41, 5.74) is 0. The van der Waals surface area contributed by atoms with Crippen molar-refractivity contribution in [3.05, 3.63) is 17.5 Å². The van der Waals surface area contributed by atoms with Crippen molar-refractivity contribution in [3.8, 4) is 0 Å². The van der Waals surface area contributed by atoms with E-state index in [1.165, 1.54) is 0 Å². The maximum Gasteiger partial charge on any atom is 0.149 e. The van der Waals surface area contributed by atoms with Gasteiger partial charge in [0.05, 0.1) is 12.4 Å². The van der Waals surface area contributed by atoms with Gasteiger partial charge in [0.25, 0.3) is 0 Å². The third-order valence-electron chi connectivity index (χ3n) is 1.79. The Morgan fingerprint density at radius 3 is 2.69 bits per heavy atom. The monoisotopic (exact) mass is 199 g/mol. The summed E-state index contributed by atoms with van der Waals surface area (Å²) in [7, 11) is 0. The summed E-state index contributed by atoms with van der Waals surface area (Å²) in [5.74, 6) is 0.858. The third kappa shape index (κ3) is 2.84. The smallest absolute Gasteiger partial charge is 0.149 e. The van der Waals surface area contributed by atoms with E-state index in [1.807, 2.05) is 0 Å². The lowest BCUT2D eigenvalue weighted by Crippen LogP contribution is -2.24. The Morgan fingerprint density at radius 1 is 1.38 bits per heavy atom. The summed E-state index contributed by atoms with van der Waals surface area (Å²) in [5, 5.41) is 0.451. The molecule has 0 atom stereocenters. The predicted octanol–water partition coefficient (Wildman–Crippen LogP) is 2.37. The second kappa shape index (κ2) is 5.02. The average molecular weight is 200 g/mol. The summed E-state index contributed by atoms with van der Waals surface area (Å²) in [6.45, 7) is 6.16. The fourth-order valence-electron chi connectivity index (χ4n) is 1.19. The predicted molar refractivity (Wildman–Crippen MR) is 55.2 cm³/mol. The molecule has 3 nitrogen and oxygen atoms in total. The molecule has 0 aromatic carbocycles. The van der Waals surface area contributed by atoms with E-state index < -0.39 is 0 Å². The Balaban J connectivity index is 2.78. The zero-order chi connectivity index (χ0) is 9.68. The van der Waals surface area contributed by atoms with E-state index in [0.717, 1.165) is 25.3 Å². The number of halogens is 1. The highest BCUT2D eigenvalue weighted by Gasteiger charge is 2.04. The quantitative estimate of drug-likeness (QED) is 0.746. The lowest BCUT2D eigenvalue weighted by atomic mass is 10.4. The molecule has 13 heavy (non-hydrogen) atoms. The van der Waals surface area contributed by atoms with Gasteiger partial charge in [0.2, 0.25) is 0 Å². The van der Waals surface area contributed by atoms with Crippen LogP contribution >= 0.6 is 11.6 Å². The Kier molecular flexibility index (Phi) is 3.96. The second-order valence-electron chi connectivity index (χ2n) is 2.78. The molecule has 0 amide bonds. The summed E-state index contributed by atoms with van der Waals surface area (Å²) in [6, 6.07) is 0. The minimum atomic E-state index is 0.451. The molecule has 0 unspecified atom stereocenters. The Bertz CT molecular complexity index is 265. The number of hydrogen-bond acceptors (Lipinski definition) is 3. The number of hydrogen-bond donors (Lipinski definition) is 0. The zero-order valence-electron chi connectivity index (χ0n) is 8.00. The van der Waals surface area contributed by atoms with Crippen LogP contribution in [0.3, 0.4) is 0 Å². The summed E-state index contributed by atoms with van der Waals surface area (Å²) in [4.78, 5) is 10.3. The second-order valence-corrected chi connectivity index (χ2v) is 3.17. The van der Waals surface area contributed by atoms with E-state index in [1.54, 1.807) is 12.4 Å². The van der Waals surface area contributed by atoms with Gasteiger partial charge in [-0.15, -0.1) is 0 Å². The SMILES string of the molecule is CCCN(CC)c1cncc(Cl)n1. The number of nitrogens with zero attached hydrogens (tertiary/aromatic N) is 3. The Morgan fingerprint density at radius 2 is 2.15 bits per heavy atom. The molecular weight excluding hydrogens is 186 g/mol. The standard InChI is InChI=1S/C9H14ClN3/c1-3-5-13(4-2)9-7-11-6-8(10)12-9/h6-7H,3-5H2,1-2H3. The van der Waals surface area contributed by atoms with Crippen LogP contribution in [0.25, 0.3) is 0 Å². The highest BCUT2D eigenvalue weighted by atomic mass is 35.5. The van der Waals surface area contributed by atoms with Gasteiger partial charge in [0.15, 0.2) is 0 Å². The van der Waals surface area contributed by atoms with Crippen LogP contribution in [0.15, 0.2) is 12.4 Å². The molecule has 1 rings (SSSR count). The first-order valence-corrected chi connectivity index (χ1v) is 4.88. The molecule has 1 aromatic heterocycles. The lowest BCUT2D eigenvalue weighted by molar-refractivity contribution is 0.775.